The first-order chi connectivity index (χ1) is 9.49. The van der Waals surface area contributed by atoms with Gasteiger partial charge in [-0.25, -0.2) is 0 Å². The van der Waals surface area contributed by atoms with Crippen molar-refractivity contribution in [3.63, 3.8) is 0 Å². The lowest BCUT2D eigenvalue weighted by atomic mass is 9.75. The smallest absolute Gasteiger partial charge is 0.0751 e. The summed E-state index contributed by atoms with van der Waals surface area (Å²) in [5.74, 6) is 2.13. The summed E-state index contributed by atoms with van der Waals surface area (Å²) < 4.78 is 7.31. The van der Waals surface area contributed by atoms with Crippen molar-refractivity contribution in [3.8, 4) is 0 Å². The number of benzene rings is 1. The first-order valence-corrected chi connectivity index (χ1v) is 8.42. The van der Waals surface area contributed by atoms with Crippen molar-refractivity contribution in [1.82, 2.24) is 0 Å². The SMILES string of the molecule is CC1CCC(C(C)C)C(OCc2c(N)cccc2Br)C1. The first kappa shape index (κ1) is 15.8. The maximum absolute atomic E-state index is 6.26. The zero-order valence-electron chi connectivity index (χ0n) is 12.7. The summed E-state index contributed by atoms with van der Waals surface area (Å²) >= 11 is 3.57. The molecule has 0 saturated heterocycles. The van der Waals surface area contributed by atoms with Gasteiger partial charge >= 0.3 is 0 Å². The van der Waals surface area contributed by atoms with E-state index in [1.54, 1.807) is 0 Å². The molecule has 20 heavy (non-hydrogen) atoms. The molecule has 3 heteroatoms. The van der Waals surface area contributed by atoms with Crippen LogP contribution in [0.25, 0.3) is 0 Å². The van der Waals surface area contributed by atoms with Crippen LogP contribution >= 0.6 is 15.9 Å². The number of nitrogen functional groups attached to an aromatic ring is 1. The largest absolute Gasteiger partial charge is 0.398 e. The van der Waals surface area contributed by atoms with Crippen molar-refractivity contribution in [2.24, 2.45) is 17.8 Å². The number of halogens is 1. The number of rotatable bonds is 4. The highest BCUT2D eigenvalue weighted by Crippen LogP contribution is 2.36. The van der Waals surface area contributed by atoms with Gasteiger partial charge in [0.05, 0.1) is 12.7 Å². The molecular formula is C17H26BrNO. The lowest BCUT2D eigenvalue weighted by Crippen LogP contribution is -2.34. The lowest BCUT2D eigenvalue weighted by Gasteiger charge is -2.37. The number of hydrogen-bond donors (Lipinski definition) is 1. The summed E-state index contributed by atoms with van der Waals surface area (Å²) in [5.41, 5.74) is 7.94. The number of anilines is 1. The molecule has 3 unspecified atom stereocenters. The number of nitrogens with two attached hydrogens (primary N) is 1. The molecule has 112 valence electrons. The average molecular weight is 340 g/mol. The molecule has 0 spiro atoms. The molecule has 0 aliphatic heterocycles. The van der Waals surface area contributed by atoms with Crippen molar-refractivity contribution < 1.29 is 4.74 Å². The maximum atomic E-state index is 6.26. The average Bonchev–Trinajstić information content (AvgIpc) is 2.37. The Balaban J connectivity index is 2.04. The van der Waals surface area contributed by atoms with E-state index >= 15 is 0 Å². The number of hydrogen-bond acceptors (Lipinski definition) is 2. The van der Waals surface area contributed by atoms with Gasteiger partial charge in [-0.1, -0.05) is 49.2 Å². The maximum Gasteiger partial charge on any atom is 0.0751 e. The predicted molar refractivity (Wildman–Crippen MR) is 88.5 cm³/mol. The first-order valence-electron chi connectivity index (χ1n) is 7.63. The Morgan fingerprint density at radius 2 is 2.10 bits per heavy atom. The summed E-state index contributed by atoms with van der Waals surface area (Å²) in [5, 5.41) is 0. The molecule has 1 aliphatic carbocycles. The Hall–Kier alpha value is -0.540. The second kappa shape index (κ2) is 6.95. The zero-order valence-corrected chi connectivity index (χ0v) is 14.3. The normalized spacial score (nSPS) is 26.9. The topological polar surface area (TPSA) is 35.2 Å². The van der Waals surface area contributed by atoms with Crippen LogP contribution < -0.4 is 5.73 Å². The quantitative estimate of drug-likeness (QED) is 0.782. The van der Waals surface area contributed by atoms with Crippen LogP contribution in [0.1, 0.15) is 45.6 Å². The van der Waals surface area contributed by atoms with Crippen LogP contribution in [0.4, 0.5) is 5.69 Å². The van der Waals surface area contributed by atoms with E-state index in [-0.39, 0.29) is 0 Å². The number of ether oxygens (including phenoxy) is 1. The Morgan fingerprint density at radius 1 is 1.35 bits per heavy atom. The Labute approximate surface area is 131 Å². The molecule has 1 fully saturated rings. The summed E-state index contributed by atoms with van der Waals surface area (Å²) in [6, 6.07) is 5.92. The van der Waals surface area contributed by atoms with Crippen LogP contribution in [0.2, 0.25) is 0 Å². The van der Waals surface area contributed by atoms with E-state index in [0.717, 1.165) is 21.6 Å². The van der Waals surface area contributed by atoms with Crippen LogP contribution in [0.15, 0.2) is 22.7 Å². The Kier molecular flexibility index (Phi) is 5.50. The van der Waals surface area contributed by atoms with Gasteiger partial charge < -0.3 is 10.5 Å². The van der Waals surface area contributed by atoms with Crippen molar-refractivity contribution >= 4 is 21.6 Å². The van der Waals surface area contributed by atoms with Crippen LogP contribution in [-0.2, 0) is 11.3 Å². The van der Waals surface area contributed by atoms with E-state index in [9.17, 15) is 0 Å². The van der Waals surface area contributed by atoms with Crippen LogP contribution in [-0.4, -0.2) is 6.10 Å². The molecule has 2 nitrogen and oxygen atoms in total. The van der Waals surface area contributed by atoms with Crippen molar-refractivity contribution in [3.05, 3.63) is 28.2 Å². The molecule has 3 atom stereocenters. The van der Waals surface area contributed by atoms with Crippen LogP contribution in [0.3, 0.4) is 0 Å². The summed E-state index contributed by atoms with van der Waals surface area (Å²) in [6.45, 7) is 7.56. The molecule has 1 saturated carbocycles. The minimum absolute atomic E-state index is 0.366. The van der Waals surface area contributed by atoms with Gasteiger partial charge in [0.15, 0.2) is 0 Å². The highest BCUT2D eigenvalue weighted by molar-refractivity contribution is 9.10. The molecule has 0 heterocycles. The predicted octanol–water partition coefficient (Wildman–Crippen LogP) is 5.01. The molecule has 0 amide bonds. The molecule has 2 N–H and O–H groups in total. The van der Waals surface area contributed by atoms with Crippen LogP contribution in [0, 0.1) is 17.8 Å². The standard InChI is InChI=1S/C17H26BrNO/c1-11(2)13-8-7-12(3)9-17(13)20-10-14-15(18)5-4-6-16(14)19/h4-6,11-13,17H,7-10,19H2,1-3H3. The third kappa shape index (κ3) is 3.76. The Morgan fingerprint density at radius 3 is 2.75 bits per heavy atom. The third-order valence-corrected chi connectivity index (χ3v) is 5.30. The van der Waals surface area contributed by atoms with Gasteiger partial charge in [-0.3, -0.25) is 0 Å². The molecule has 0 aromatic heterocycles. The molecule has 1 aromatic carbocycles. The molecule has 0 radical (unpaired) electrons. The van der Waals surface area contributed by atoms with Crippen molar-refractivity contribution in [2.45, 2.75) is 52.7 Å². The fraction of sp³-hybridized carbons (Fsp3) is 0.647. The molecule has 2 rings (SSSR count). The van der Waals surface area contributed by atoms with E-state index < -0.39 is 0 Å². The fourth-order valence-electron chi connectivity index (χ4n) is 3.22. The minimum Gasteiger partial charge on any atom is -0.398 e. The monoisotopic (exact) mass is 339 g/mol. The van der Waals surface area contributed by atoms with Crippen molar-refractivity contribution in [2.75, 3.05) is 5.73 Å². The van der Waals surface area contributed by atoms with Gasteiger partial charge in [0.1, 0.15) is 0 Å². The second-order valence-electron chi connectivity index (χ2n) is 6.48. The van der Waals surface area contributed by atoms with Gasteiger partial charge in [0, 0.05) is 15.7 Å². The van der Waals surface area contributed by atoms with E-state index in [1.165, 1.54) is 19.3 Å². The van der Waals surface area contributed by atoms with Gasteiger partial charge in [0.2, 0.25) is 0 Å². The molecule has 1 aliphatic rings. The second-order valence-corrected chi connectivity index (χ2v) is 7.34. The molecule has 0 bridgehead atoms. The van der Waals surface area contributed by atoms with E-state index in [1.807, 2.05) is 18.2 Å². The van der Waals surface area contributed by atoms with Gasteiger partial charge in [-0.2, -0.15) is 0 Å². The highest BCUT2D eigenvalue weighted by Gasteiger charge is 2.31. The van der Waals surface area contributed by atoms with Crippen molar-refractivity contribution in [1.29, 1.82) is 0 Å². The minimum atomic E-state index is 0.366. The van der Waals surface area contributed by atoms with Gasteiger partial charge in [-0.05, 0) is 42.7 Å². The summed E-state index contributed by atoms with van der Waals surface area (Å²) in [7, 11) is 0. The van der Waals surface area contributed by atoms with Gasteiger partial charge in [-0.15, -0.1) is 0 Å². The van der Waals surface area contributed by atoms with E-state index in [2.05, 4.69) is 36.7 Å². The van der Waals surface area contributed by atoms with Gasteiger partial charge in [0.25, 0.3) is 0 Å². The fourth-order valence-corrected chi connectivity index (χ4v) is 3.72. The zero-order chi connectivity index (χ0) is 14.7. The molecule has 1 aromatic rings. The van der Waals surface area contributed by atoms with E-state index in [4.69, 9.17) is 10.5 Å². The summed E-state index contributed by atoms with van der Waals surface area (Å²) in [4.78, 5) is 0. The Bertz CT molecular complexity index is 426. The lowest BCUT2D eigenvalue weighted by molar-refractivity contribution is -0.0472. The van der Waals surface area contributed by atoms with Crippen LogP contribution in [0.5, 0.6) is 0 Å². The summed E-state index contributed by atoms with van der Waals surface area (Å²) in [6.07, 6.45) is 4.16. The highest BCUT2D eigenvalue weighted by atomic mass is 79.9. The van der Waals surface area contributed by atoms with E-state index in [0.29, 0.717) is 24.5 Å². The molecular weight excluding hydrogens is 314 g/mol. The third-order valence-electron chi connectivity index (χ3n) is 4.56.